The zero-order valence-electron chi connectivity index (χ0n) is 23.3. The number of benzene rings is 1. The molecule has 3 saturated heterocycles. The summed E-state index contributed by atoms with van der Waals surface area (Å²) in [5.41, 5.74) is 2.23. The maximum atomic E-state index is 13.8. The van der Waals surface area contributed by atoms with Crippen molar-refractivity contribution in [2.24, 2.45) is 0 Å². The Labute approximate surface area is 237 Å². The number of nitrogens with one attached hydrogen (secondary N) is 2. The molecule has 4 heterocycles. The number of alkyl halides is 3. The van der Waals surface area contributed by atoms with E-state index in [1.54, 1.807) is 4.90 Å². The lowest BCUT2D eigenvalue weighted by Crippen LogP contribution is -2.44. The second-order valence-corrected chi connectivity index (χ2v) is 11.3. The molecule has 1 atom stereocenters. The molecule has 1 saturated carbocycles. The summed E-state index contributed by atoms with van der Waals surface area (Å²) in [5.74, 6) is 0.272. The molecule has 1 aliphatic carbocycles. The summed E-state index contributed by atoms with van der Waals surface area (Å²) in [6.07, 6.45) is -1.11. The van der Waals surface area contributed by atoms with Gasteiger partial charge in [0.25, 0.3) is 0 Å². The Hall–Kier alpha value is -3.32. The minimum absolute atomic E-state index is 0.0343. The van der Waals surface area contributed by atoms with Crippen molar-refractivity contribution < 1.29 is 22.7 Å². The van der Waals surface area contributed by atoms with Gasteiger partial charge in [0.2, 0.25) is 5.95 Å². The number of halogens is 3. The summed E-state index contributed by atoms with van der Waals surface area (Å²) >= 11 is 0. The molecule has 1 aromatic carbocycles. The molecule has 41 heavy (non-hydrogen) atoms. The Kier molecular flexibility index (Phi) is 7.82. The van der Waals surface area contributed by atoms with Crippen LogP contribution in [0.4, 0.5) is 41.1 Å². The number of nitrogens with zero attached hydrogens (tertiary/aromatic N) is 6. The lowest BCUT2D eigenvalue weighted by molar-refractivity contribution is -0.137. The van der Waals surface area contributed by atoms with Gasteiger partial charge in [0.05, 0.1) is 19.3 Å². The number of urea groups is 1. The van der Waals surface area contributed by atoms with E-state index in [0.717, 1.165) is 56.5 Å². The number of anilines is 4. The van der Waals surface area contributed by atoms with Gasteiger partial charge in [-0.2, -0.15) is 18.2 Å². The molecule has 0 bridgehead atoms. The first kappa shape index (κ1) is 27.8. The lowest BCUT2D eigenvalue weighted by Gasteiger charge is -2.34. The van der Waals surface area contributed by atoms with E-state index < -0.39 is 11.7 Å². The zero-order chi connectivity index (χ0) is 28.6. The van der Waals surface area contributed by atoms with Gasteiger partial charge in [-0.25, -0.2) is 9.78 Å². The third-order valence-electron chi connectivity index (χ3n) is 8.33. The van der Waals surface area contributed by atoms with Crippen LogP contribution in [0, 0.1) is 0 Å². The number of likely N-dealkylation sites (N-methyl/N-ethyl adjacent to an activating group) is 1. The molecule has 222 valence electrons. The number of hydrogen-bond acceptors (Lipinski definition) is 8. The summed E-state index contributed by atoms with van der Waals surface area (Å²) in [6, 6.07) is 6.26. The maximum absolute atomic E-state index is 13.8. The third kappa shape index (κ3) is 6.30. The van der Waals surface area contributed by atoms with Crippen molar-refractivity contribution in [1.29, 1.82) is 0 Å². The number of piperazine rings is 1. The second kappa shape index (κ2) is 11.5. The van der Waals surface area contributed by atoms with Crippen molar-refractivity contribution in [2.75, 3.05) is 88.2 Å². The van der Waals surface area contributed by atoms with Crippen LogP contribution in [0.1, 0.15) is 36.3 Å². The number of amides is 2. The first-order valence-corrected chi connectivity index (χ1v) is 14.4. The number of rotatable bonds is 9. The predicted molar refractivity (Wildman–Crippen MR) is 150 cm³/mol. The van der Waals surface area contributed by atoms with Gasteiger partial charge in [0, 0.05) is 69.9 Å². The Bertz CT molecular complexity index is 1250. The molecule has 10 nitrogen and oxygen atoms in total. The Balaban J connectivity index is 1.13. The van der Waals surface area contributed by atoms with Gasteiger partial charge in [0.15, 0.2) is 0 Å². The predicted octanol–water partition coefficient (Wildman–Crippen LogP) is 3.81. The number of carbonyl (C=O) groups is 1. The van der Waals surface area contributed by atoms with Crippen molar-refractivity contribution in [1.82, 2.24) is 24.7 Å². The highest BCUT2D eigenvalue weighted by atomic mass is 19.4. The van der Waals surface area contributed by atoms with E-state index in [0.29, 0.717) is 45.2 Å². The molecular formula is C28H37F3N8O2. The summed E-state index contributed by atoms with van der Waals surface area (Å²) in [5, 5.41) is 6.05. The fourth-order valence-electron chi connectivity index (χ4n) is 5.80. The van der Waals surface area contributed by atoms with Crippen LogP contribution in [0.25, 0.3) is 0 Å². The van der Waals surface area contributed by atoms with Gasteiger partial charge in [-0.3, -0.25) is 0 Å². The number of fused-ring (bicyclic) bond motifs is 1. The number of hydrogen-bond donors (Lipinski definition) is 2. The smallest absolute Gasteiger partial charge is 0.377 e. The average molecular weight is 575 g/mol. The normalized spacial score (nSPS) is 21.8. The van der Waals surface area contributed by atoms with Crippen LogP contribution in [0.15, 0.2) is 24.4 Å². The zero-order valence-corrected chi connectivity index (χ0v) is 23.3. The van der Waals surface area contributed by atoms with E-state index in [1.165, 1.54) is 5.69 Å². The maximum Gasteiger partial charge on any atom is 0.421 e. The van der Waals surface area contributed by atoms with E-state index in [2.05, 4.69) is 49.6 Å². The Morgan fingerprint density at radius 1 is 1.12 bits per heavy atom. The van der Waals surface area contributed by atoms with Gasteiger partial charge in [-0.05, 0) is 56.0 Å². The molecule has 13 heteroatoms. The average Bonchev–Trinajstić information content (AvgIpc) is 3.75. The number of morpholine rings is 1. The minimum Gasteiger partial charge on any atom is -0.377 e. The highest BCUT2D eigenvalue weighted by Gasteiger charge is 2.39. The fraction of sp³-hybridized carbons (Fsp3) is 0.607. The molecule has 1 unspecified atom stereocenters. The number of carbonyl (C=O) groups excluding carboxylic acids is 1. The van der Waals surface area contributed by atoms with E-state index in [1.807, 2.05) is 11.0 Å². The monoisotopic (exact) mass is 574 g/mol. The largest absolute Gasteiger partial charge is 0.421 e. The minimum atomic E-state index is -4.60. The highest BCUT2D eigenvalue weighted by Crippen LogP contribution is 2.45. The summed E-state index contributed by atoms with van der Waals surface area (Å²) in [6.45, 7) is 6.83. The van der Waals surface area contributed by atoms with Crippen LogP contribution >= 0.6 is 0 Å². The molecule has 2 amide bonds. The molecule has 0 radical (unpaired) electrons. The van der Waals surface area contributed by atoms with E-state index >= 15 is 0 Å². The van der Waals surface area contributed by atoms with Crippen molar-refractivity contribution in [2.45, 2.75) is 37.4 Å². The van der Waals surface area contributed by atoms with E-state index in [9.17, 15) is 18.0 Å². The van der Waals surface area contributed by atoms with E-state index in [-0.39, 0.29) is 30.4 Å². The first-order chi connectivity index (χ1) is 19.8. The third-order valence-corrected chi connectivity index (χ3v) is 8.33. The SMILES string of the molecule is CN1CCN(c2ccc(Nc3ncc(C(F)(F)F)c(NCCCN4CC5COCCN5C4=O)n3)c(C3CC3)c2)CC1. The van der Waals surface area contributed by atoms with Gasteiger partial charge < -0.3 is 35.0 Å². The summed E-state index contributed by atoms with van der Waals surface area (Å²) in [4.78, 5) is 29.1. The van der Waals surface area contributed by atoms with Crippen LogP contribution in [0.3, 0.4) is 0 Å². The fourth-order valence-corrected chi connectivity index (χ4v) is 5.80. The van der Waals surface area contributed by atoms with Crippen LogP contribution < -0.4 is 15.5 Å². The highest BCUT2D eigenvalue weighted by molar-refractivity contribution is 5.77. The standard InChI is InChI=1S/C28H37F3N8O2/c1-36-9-11-37(12-10-36)20-5-6-24(22(15-20)19-3-4-19)34-26-33-16-23(28(29,30)31)25(35-26)32-7-2-8-38-17-21-18-41-14-13-39(21)27(38)40/h5-6,15-16,19,21H,2-4,7-14,17-18H2,1H3,(H2,32,33,34,35). The topological polar surface area (TPSA) is 89.1 Å². The van der Waals surface area contributed by atoms with Gasteiger partial charge in [-0.1, -0.05) is 0 Å². The van der Waals surface area contributed by atoms with Gasteiger partial charge in [0.1, 0.15) is 11.4 Å². The Morgan fingerprint density at radius 3 is 2.66 bits per heavy atom. The molecule has 6 rings (SSSR count). The molecule has 0 spiro atoms. The van der Waals surface area contributed by atoms with Crippen LogP contribution in [0.2, 0.25) is 0 Å². The van der Waals surface area contributed by atoms with Crippen LogP contribution in [-0.2, 0) is 10.9 Å². The first-order valence-electron chi connectivity index (χ1n) is 14.4. The molecule has 4 aliphatic rings. The summed E-state index contributed by atoms with van der Waals surface area (Å²) in [7, 11) is 2.13. The van der Waals surface area contributed by atoms with Crippen LogP contribution in [0.5, 0.6) is 0 Å². The number of ether oxygens (including phenoxy) is 1. The van der Waals surface area contributed by atoms with Gasteiger partial charge >= 0.3 is 12.2 Å². The molecule has 4 fully saturated rings. The van der Waals surface area contributed by atoms with Crippen LogP contribution in [-0.4, -0.2) is 109 Å². The van der Waals surface area contributed by atoms with Crippen molar-refractivity contribution >= 4 is 29.2 Å². The van der Waals surface area contributed by atoms with E-state index in [4.69, 9.17) is 4.74 Å². The summed E-state index contributed by atoms with van der Waals surface area (Å²) < 4.78 is 46.8. The number of aromatic nitrogens is 2. The molecule has 2 N–H and O–H groups in total. The molecule has 1 aromatic heterocycles. The quantitative estimate of drug-likeness (QED) is 0.438. The van der Waals surface area contributed by atoms with Gasteiger partial charge in [-0.15, -0.1) is 0 Å². The second-order valence-electron chi connectivity index (χ2n) is 11.3. The molecule has 3 aliphatic heterocycles. The van der Waals surface area contributed by atoms with Crippen molar-refractivity contribution in [3.63, 3.8) is 0 Å². The molecule has 2 aromatic rings. The van der Waals surface area contributed by atoms with Crippen molar-refractivity contribution in [3.05, 3.63) is 35.5 Å². The lowest BCUT2D eigenvalue weighted by atomic mass is 10.1. The van der Waals surface area contributed by atoms with Crippen molar-refractivity contribution in [3.8, 4) is 0 Å². The molecular weight excluding hydrogens is 537 g/mol. The Morgan fingerprint density at radius 2 is 1.93 bits per heavy atom.